The molecule has 0 amide bonds. The first kappa shape index (κ1) is 15.0. The third-order valence-corrected chi connectivity index (χ3v) is 3.22. The van der Waals surface area contributed by atoms with Crippen molar-refractivity contribution in [3.63, 3.8) is 0 Å². The number of nitrogens with one attached hydrogen (secondary N) is 1. The summed E-state index contributed by atoms with van der Waals surface area (Å²) in [5.41, 5.74) is 2.06. The molecule has 0 fully saturated rings. The summed E-state index contributed by atoms with van der Waals surface area (Å²) in [4.78, 5) is 11.0. The highest BCUT2D eigenvalue weighted by atomic mass is 16.5. The van der Waals surface area contributed by atoms with Gasteiger partial charge < -0.3 is 19.7 Å². The van der Waals surface area contributed by atoms with E-state index in [-0.39, 0.29) is 5.56 Å². The lowest BCUT2D eigenvalue weighted by Gasteiger charge is -2.11. The van der Waals surface area contributed by atoms with E-state index in [2.05, 4.69) is 29.1 Å². The molecule has 0 saturated heterocycles. The molecule has 0 saturated carbocycles. The standard InChI is InChI=1S/C16H20N2O3/c1-3-7-18-8-6-12(11-18)10-17-14-9-13(16(19)20)4-5-15(14)21-2/h4-6,8-9,11,17H,3,7,10H2,1-2H3,(H,19,20). The molecule has 1 aromatic heterocycles. The monoisotopic (exact) mass is 288 g/mol. The molecule has 0 aliphatic heterocycles. The Balaban J connectivity index is 2.10. The molecule has 2 N–H and O–H groups in total. The van der Waals surface area contributed by atoms with Crippen LogP contribution in [0.1, 0.15) is 29.3 Å². The van der Waals surface area contributed by atoms with E-state index >= 15 is 0 Å². The van der Waals surface area contributed by atoms with E-state index in [1.54, 1.807) is 19.2 Å². The largest absolute Gasteiger partial charge is 0.495 e. The second kappa shape index (κ2) is 6.83. The smallest absolute Gasteiger partial charge is 0.335 e. The molecule has 5 heteroatoms. The Hall–Kier alpha value is -2.43. The zero-order valence-electron chi connectivity index (χ0n) is 12.3. The zero-order chi connectivity index (χ0) is 15.2. The predicted molar refractivity (Wildman–Crippen MR) is 82.0 cm³/mol. The van der Waals surface area contributed by atoms with Crippen molar-refractivity contribution in [2.24, 2.45) is 0 Å². The molecule has 1 heterocycles. The van der Waals surface area contributed by atoms with Crippen molar-refractivity contribution in [3.05, 3.63) is 47.8 Å². The van der Waals surface area contributed by atoms with Crippen molar-refractivity contribution in [2.75, 3.05) is 12.4 Å². The van der Waals surface area contributed by atoms with E-state index in [0.29, 0.717) is 18.0 Å². The summed E-state index contributed by atoms with van der Waals surface area (Å²) < 4.78 is 7.39. The number of anilines is 1. The highest BCUT2D eigenvalue weighted by Crippen LogP contribution is 2.26. The number of nitrogens with zero attached hydrogens (tertiary/aromatic N) is 1. The van der Waals surface area contributed by atoms with E-state index < -0.39 is 5.97 Å². The van der Waals surface area contributed by atoms with E-state index in [4.69, 9.17) is 9.84 Å². The first-order valence-corrected chi connectivity index (χ1v) is 6.94. The highest BCUT2D eigenvalue weighted by molar-refractivity contribution is 5.89. The maximum Gasteiger partial charge on any atom is 0.335 e. The minimum absolute atomic E-state index is 0.238. The molecule has 1 aromatic carbocycles. The van der Waals surface area contributed by atoms with Crippen molar-refractivity contribution in [3.8, 4) is 5.75 Å². The summed E-state index contributed by atoms with van der Waals surface area (Å²) >= 11 is 0. The van der Waals surface area contributed by atoms with Crippen LogP contribution in [0.5, 0.6) is 5.75 Å². The Labute approximate surface area is 124 Å². The second-order valence-electron chi connectivity index (χ2n) is 4.83. The lowest BCUT2D eigenvalue weighted by Crippen LogP contribution is -2.04. The van der Waals surface area contributed by atoms with Gasteiger partial charge in [-0.1, -0.05) is 6.92 Å². The maximum absolute atomic E-state index is 11.0. The van der Waals surface area contributed by atoms with Crippen LogP contribution >= 0.6 is 0 Å². The number of hydrogen-bond acceptors (Lipinski definition) is 3. The van der Waals surface area contributed by atoms with Gasteiger partial charge in [-0.25, -0.2) is 4.79 Å². The Kier molecular flexibility index (Phi) is 4.87. The van der Waals surface area contributed by atoms with E-state index in [1.807, 2.05) is 6.20 Å². The van der Waals surface area contributed by atoms with Gasteiger partial charge in [-0.15, -0.1) is 0 Å². The number of carboxylic acids is 1. The summed E-state index contributed by atoms with van der Waals surface area (Å²) in [5, 5.41) is 12.3. The molecule has 21 heavy (non-hydrogen) atoms. The molecule has 2 rings (SSSR count). The molecular formula is C16H20N2O3. The molecule has 0 radical (unpaired) electrons. The molecule has 5 nitrogen and oxygen atoms in total. The number of aryl methyl sites for hydroxylation is 1. The van der Waals surface area contributed by atoms with Crippen LogP contribution in [0.15, 0.2) is 36.7 Å². The summed E-state index contributed by atoms with van der Waals surface area (Å²) in [5.74, 6) is -0.317. The van der Waals surface area contributed by atoms with Crippen LogP contribution in [0, 0.1) is 0 Å². The third-order valence-electron chi connectivity index (χ3n) is 3.22. The average molecular weight is 288 g/mol. The third kappa shape index (κ3) is 3.78. The van der Waals surface area contributed by atoms with Crippen molar-refractivity contribution in [1.29, 1.82) is 0 Å². The maximum atomic E-state index is 11.0. The fourth-order valence-electron chi connectivity index (χ4n) is 2.17. The quantitative estimate of drug-likeness (QED) is 0.821. The lowest BCUT2D eigenvalue weighted by atomic mass is 10.2. The Morgan fingerprint density at radius 2 is 2.19 bits per heavy atom. The lowest BCUT2D eigenvalue weighted by molar-refractivity contribution is 0.0697. The van der Waals surface area contributed by atoms with Crippen LogP contribution < -0.4 is 10.1 Å². The first-order chi connectivity index (χ1) is 10.1. The molecular weight excluding hydrogens is 268 g/mol. The Morgan fingerprint density at radius 1 is 1.38 bits per heavy atom. The van der Waals surface area contributed by atoms with Gasteiger partial charge in [-0.05, 0) is 36.2 Å². The number of aromatic nitrogens is 1. The van der Waals surface area contributed by atoms with Crippen molar-refractivity contribution >= 4 is 11.7 Å². The van der Waals surface area contributed by atoms with Gasteiger partial charge in [-0.2, -0.15) is 0 Å². The molecule has 0 spiro atoms. The molecule has 0 atom stereocenters. The molecule has 0 bridgehead atoms. The van der Waals surface area contributed by atoms with Gasteiger partial charge in [0.2, 0.25) is 0 Å². The van der Waals surface area contributed by atoms with Crippen molar-refractivity contribution in [1.82, 2.24) is 4.57 Å². The van der Waals surface area contributed by atoms with Crippen LogP contribution in [0.3, 0.4) is 0 Å². The number of hydrogen-bond donors (Lipinski definition) is 2. The number of carbonyl (C=O) groups is 1. The molecule has 2 aromatic rings. The minimum atomic E-state index is -0.949. The summed E-state index contributed by atoms with van der Waals surface area (Å²) in [7, 11) is 1.57. The van der Waals surface area contributed by atoms with Crippen LogP contribution in [-0.2, 0) is 13.1 Å². The normalized spacial score (nSPS) is 10.4. The van der Waals surface area contributed by atoms with Gasteiger partial charge >= 0.3 is 5.97 Å². The van der Waals surface area contributed by atoms with E-state index in [0.717, 1.165) is 18.5 Å². The summed E-state index contributed by atoms with van der Waals surface area (Å²) in [6.07, 6.45) is 5.23. The van der Waals surface area contributed by atoms with Crippen LogP contribution in [-0.4, -0.2) is 22.8 Å². The summed E-state index contributed by atoms with van der Waals surface area (Å²) in [6, 6.07) is 6.83. The van der Waals surface area contributed by atoms with Crippen LogP contribution in [0.25, 0.3) is 0 Å². The Morgan fingerprint density at radius 3 is 2.86 bits per heavy atom. The number of rotatable bonds is 7. The van der Waals surface area contributed by atoms with Crippen molar-refractivity contribution in [2.45, 2.75) is 26.4 Å². The predicted octanol–water partition coefficient (Wildman–Crippen LogP) is 3.22. The SMILES string of the molecule is CCCn1ccc(CNc2cc(C(=O)O)ccc2OC)c1. The second-order valence-corrected chi connectivity index (χ2v) is 4.83. The fourth-order valence-corrected chi connectivity index (χ4v) is 2.17. The number of aromatic carboxylic acids is 1. The topological polar surface area (TPSA) is 63.5 Å². The van der Waals surface area contributed by atoms with E-state index in [1.165, 1.54) is 6.07 Å². The van der Waals surface area contributed by atoms with Gasteiger partial charge in [0.25, 0.3) is 0 Å². The number of ether oxygens (including phenoxy) is 1. The number of benzene rings is 1. The van der Waals surface area contributed by atoms with E-state index in [9.17, 15) is 4.79 Å². The van der Waals surface area contributed by atoms with Crippen LogP contribution in [0.2, 0.25) is 0 Å². The molecule has 0 aliphatic carbocycles. The zero-order valence-corrected chi connectivity index (χ0v) is 12.3. The van der Waals surface area contributed by atoms with Crippen molar-refractivity contribution < 1.29 is 14.6 Å². The number of carboxylic acid groups (broad SMARTS) is 1. The fraction of sp³-hybridized carbons (Fsp3) is 0.312. The Bertz CT molecular complexity index is 620. The highest BCUT2D eigenvalue weighted by Gasteiger charge is 2.09. The minimum Gasteiger partial charge on any atom is -0.495 e. The molecule has 0 unspecified atom stereocenters. The molecule has 0 aliphatic rings. The van der Waals surface area contributed by atoms with Gasteiger partial charge in [-0.3, -0.25) is 0 Å². The van der Waals surface area contributed by atoms with Crippen LogP contribution in [0.4, 0.5) is 5.69 Å². The molecule has 112 valence electrons. The number of methoxy groups -OCH3 is 1. The average Bonchev–Trinajstić information content (AvgIpc) is 2.92. The van der Waals surface area contributed by atoms with Gasteiger partial charge in [0.05, 0.1) is 18.4 Å². The first-order valence-electron chi connectivity index (χ1n) is 6.94. The summed E-state index contributed by atoms with van der Waals surface area (Å²) in [6.45, 7) is 3.76. The van der Waals surface area contributed by atoms with Gasteiger partial charge in [0, 0.05) is 25.5 Å². The van der Waals surface area contributed by atoms with Gasteiger partial charge in [0.1, 0.15) is 5.75 Å². The van der Waals surface area contributed by atoms with Gasteiger partial charge in [0.15, 0.2) is 0 Å².